The van der Waals surface area contributed by atoms with Gasteiger partial charge in [0, 0.05) is 0 Å². The van der Waals surface area contributed by atoms with Crippen LogP contribution in [-0.2, 0) is 0 Å². The van der Waals surface area contributed by atoms with Crippen molar-refractivity contribution >= 4 is 5.97 Å². The fraction of sp³-hybridized carbons (Fsp3) is 0.462. The van der Waals surface area contributed by atoms with Crippen molar-refractivity contribution in [3.8, 4) is 5.75 Å². The number of hydrogen-bond donors (Lipinski definition) is 1. The molecule has 0 amide bonds. The SMILES string of the molecule is CCC(CC)COc1cccc(F)c1C(=O)O. The van der Waals surface area contributed by atoms with E-state index in [0.29, 0.717) is 12.5 Å². The van der Waals surface area contributed by atoms with Gasteiger partial charge in [0.15, 0.2) is 0 Å². The molecule has 0 saturated heterocycles. The normalized spacial score (nSPS) is 10.6. The number of carboxylic acids is 1. The maximum atomic E-state index is 13.3. The fourth-order valence-electron chi connectivity index (χ4n) is 1.56. The lowest BCUT2D eigenvalue weighted by atomic mass is 10.1. The van der Waals surface area contributed by atoms with Gasteiger partial charge in [0.25, 0.3) is 0 Å². The molecule has 0 saturated carbocycles. The molecule has 0 aromatic heterocycles. The maximum Gasteiger partial charge on any atom is 0.342 e. The lowest BCUT2D eigenvalue weighted by molar-refractivity contribution is 0.0685. The summed E-state index contributed by atoms with van der Waals surface area (Å²) in [6, 6.07) is 4.05. The van der Waals surface area contributed by atoms with E-state index in [1.807, 2.05) is 13.8 Å². The standard InChI is InChI=1S/C13H17FO3/c1-3-9(4-2)8-17-11-7-5-6-10(14)12(11)13(15)16/h5-7,9H,3-4,8H2,1-2H3,(H,15,16). The van der Waals surface area contributed by atoms with Gasteiger partial charge in [0.2, 0.25) is 0 Å². The molecule has 1 aromatic carbocycles. The number of carbonyl (C=O) groups is 1. The first-order valence-corrected chi connectivity index (χ1v) is 5.74. The summed E-state index contributed by atoms with van der Waals surface area (Å²) in [5.41, 5.74) is -0.390. The quantitative estimate of drug-likeness (QED) is 0.829. The first kappa shape index (κ1) is 13.5. The lowest BCUT2D eigenvalue weighted by Crippen LogP contribution is -2.13. The molecule has 1 rings (SSSR count). The van der Waals surface area contributed by atoms with Crippen LogP contribution < -0.4 is 4.74 Å². The van der Waals surface area contributed by atoms with Crippen molar-refractivity contribution in [3.05, 3.63) is 29.6 Å². The molecule has 0 aliphatic carbocycles. The molecule has 4 heteroatoms. The third-order valence-corrected chi connectivity index (χ3v) is 2.82. The molecule has 94 valence electrons. The average molecular weight is 240 g/mol. The molecular formula is C13H17FO3. The van der Waals surface area contributed by atoms with Crippen LogP contribution >= 0.6 is 0 Å². The van der Waals surface area contributed by atoms with Crippen LogP contribution in [0, 0.1) is 11.7 Å². The fourth-order valence-corrected chi connectivity index (χ4v) is 1.56. The van der Waals surface area contributed by atoms with Crippen molar-refractivity contribution in [3.63, 3.8) is 0 Å². The first-order valence-electron chi connectivity index (χ1n) is 5.74. The summed E-state index contributed by atoms with van der Waals surface area (Å²) in [6.07, 6.45) is 1.91. The third-order valence-electron chi connectivity index (χ3n) is 2.82. The molecule has 0 radical (unpaired) electrons. The summed E-state index contributed by atoms with van der Waals surface area (Å²) >= 11 is 0. The van der Waals surface area contributed by atoms with E-state index in [-0.39, 0.29) is 5.75 Å². The second-order valence-corrected chi connectivity index (χ2v) is 3.91. The number of aromatic carboxylic acids is 1. The van der Waals surface area contributed by atoms with Gasteiger partial charge in [0.05, 0.1) is 6.61 Å². The van der Waals surface area contributed by atoms with Crippen LogP contribution in [0.5, 0.6) is 5.75 Å². The number of carboxylic acid groups (broad SMARTS) is 1. The summed E-state index contributed by atoms with van der Waals surface area (Å²) in [7, 11) is 0. The van der Waals surface area contributed by atoms with Gasteiger partial charge in [-0.25, -0.2) is 9.18 Å². The zero-order chi connectivity index (χ0) is 12.8. The van der Waals surface area contributed by atoms with Crippen molar-refractivity contribution in [2.45, 2.75) is 26.7 Å². The number of benzene rings is 1. The molecular weight excluding hydrogens is 223 g/mol. The van der Waals surface area contributed by atoms with Crippen LogP contribution in [0.2, 0.25) is 0 Å². The Morgan fingerprint density at radius 1 is 1.41 bits per heavy atom. The van der Waals surface area contributed by atoms with E-state index in [1.54, 1.807) is 0 Å². The van der Waals surface area contributed by atoms with Crippen molar-refractivity contribution in [1.29, 1.82) is 0 Å². The highest BCUT2D eigenvalue weighted by Crippen LogP contribution is 2.22. The molecule has 0 aliphatic heterocycles. The zero-order valence-corrected chi connectivity index (χ0v) is 10.1. The largest absolute Gasteiger partial charge is 0.492 e. The molecule has 1 aromatic rings. The highest BCUT2D eigenvalue weighted by atomic mass is 19.1. The summed E-state index contributed by atoms with van der Waals surface area (Å²) in [5.74, 6) is -1.61. The smallest absolute Gasteiger partial charge is 0.342 e. The summed E-state index contributed by atoms with van der Waals surface area (Å²) < 4.78 is 18.7. The molecule has 0 aliphatic rings. The molecule has 0 heterocycles. The molecule has 0 spiro atoms. The molecule has 1 N–H and O–H groups in total. The van der Waals surface area contributed by atoms with Crippen LogP contribution in [0.25, 0.3) is 0 Å². The number of hydrogen-bond acceptors (Lipinski definition) is 2. The van der Waals surface area contributed by atoms with Crippen LogP contribution in [0.3, 0.4) is 0 Å². The van der Waals surface area contributed by atoms with E-state index >= 15 is 0 Å². The summed E-state index contributed by atoms with van der Waals surface area (Å²) in [6.45, 7) is 4.50. The first-order chi connectivity index (χ1) is 8.10. The molecule has 17 heavy (non-hydrogen) atoms. The Kier molecular flexibility index (Phi) is 4.94. The number of rotatable bonds is 6. The van der Waals surface area contributed by atoms with E-state index in [0.717, 1.165) is 18.9 Å². The van der Waals surface area contributed by atoms with E-state index < -0.39 is 17.3 Å². The van der Waals surface area contributed by atoms with Gasteiger partial charge in [-0.1, -0.05) is 32.8 Å². The van der Waals surface area contributed by atoms with Gasteiger partial charge < -0.3 is 9.84 Å². The van der Waals surface area contributed by atoms with Crippen molar-refractivity contribution in [2.24, 2.45) is 5.92 Å². The summed E-state index contributed by atoms with van der Waals surface area (Å²) in [4.78, 5) is 10.9. The Morgan fingerprint density at radius 3 is 2.59 bits per heavy atom. The van der Waals surface area contributed by atoms with Gasteiger partial charge in [-0.2, -0.15) is 0 Å². The van der Waals surface area contributed by atoms with Crippen LogP contribution in [-0.4, -0.2) is 17.7 Å². The van der Waals surface area contributed by atoms with Gasteiger partial charge in [0.1, 0.15) is 17.1 Å². The molecule has 0 bridgehead atoms. The Morgan fingerprint density at radius 2 is 2.06 bits per heavy atom. The Balaban J connectivity index is 2.84. The minimum atomic E-state index is -1.30. The highest BCUT2D eigenvalue weighted by molar-refractivity contribution is 5.91. The second kappa shape index (κ2) is 6.23. The minimum Gasteiger partial charge on any atom is -0.492 e. The zero-order valence-electron chi connectivity index (χ0n) is 10.1. The average Bonchev–Trinajstić information content (AvgIpc) is 2.29. The van der Waals surface area contributed by atoms with Crippen LogP contribution in [0.15, 0.2) is 18.2 Å². The predicted molar refractivity (Wildman–Crippen MR) is 62.9 cm³/mol. The van der Waals surface area contributed by atoms with Gasteiger partial charge in [-0.05, 0) is 18.1 Å². The van der Waals surface area contributed by atoms with Gasteiger partial charge >= 0.3 is 5.97 Å². The van der Waals surface area contributed by atoms with Crippen LogP contribution in [0.1, 0.15) is 37.0 Å². The second-order valence-electron chi connectivity index (χ2n) is 3.91. The molecule has 0 unspecified atom stereocenters. The van der Waals surface area contributed by atoms with Crippen molar-refractivity contribution in [2.75, 3.05) is 6.61 Å². The van der Waals surface area contributed by atoms with Crippen molar-refractivity contribution in [1.82, 2.24) is 0 Å². The molecule has 3 nitrogen and oxygen atoms in total. The minimum absolute atomic E-state index is 0.101. The Labute approximate surface area is 100 Å². The Hall–Kier alpha value is -1.58. The number of ether oxygens (including phenoxy) is 1. The highest BCUT2D eigenvalue weighted by Gasteiger charge is 2.17. The van der Waals surface area contributed by atoms with E-state index in [1.165, 1.54) is 12.1 Å². The molecule has 0 fully saturated rings. The lowest BCUT2D eigenvalue weighted by Gasteiger charge is -2.15. The molecule has 0 atom stereocenters. The third kappa shape index (κ3) is 3.44. The monoisotopic (exact) mass is 240 g/mol. The van der Waals surface area contributed by atoms with E-state index in [9.17, 15) is 9.18 Å². The van der Waals surface area contributed by atoms with Gasteiger partial charge in [-0.3, -0.25) is 0 Å². The topological polar surface area (TPSA) is 46.5 Å². The van der Waals surface area contributed by atoms with E-state index in [4.69, 9.17) is 9.84 Å². The van der Waals surface area contributed by atoms with Gasteiger partial charge in [-0.15, -0.1) is 0 Å². The predicted octanol–water partition coefficient (Wildman–Crippen LogP) is 3.34. The maximum absolute atomic E-state index is 13.3. The van der Waals surface area contributed by atoms with Crippen LogP contribution in [0.4, 0.5) is 4.39 Å². The number of halogens is 1. The summed E-state index contributed by atoms with van der Waals surface area (Å²) in [5, 5.41) is 8.91. The van der Waals surface area contributed by atoms with E-state index in [2.05, 4.69) is 0 Å². The Bertz CT molecular complexity index is 386. The van der Waals surface area contributed by atoms with Crippen molar-refractivity contribution < 1.29 is 19.0 Å².